The van der Waals surface area contributed by atoms with Gasteiger partial charge in [-0.25, -0.2) is 4.68 Å². The van der Waals surface area contributed by atoms with Gasteiger partial charge < -0.3 is 30.5 Å². The van der Waals surface area contributed by atoms with Crippen molar-refractivity contribution < 1.29 is 29.6 Å². The van der Waals surface area contributed by atoms with Crippen LogP contribution in [0.2, 0.25) is 0 Å². The molecule has 3 heterocycles. The summed E-state index contributed by atoms with van der Waals surface area (Å²) in [5.74, 6) is -0.333. The van der Waals surface area contributed by atoms with E-state index >= 15 is 0 Å². The number of primary amides is 1. The molecular formula is C16H28N4O6. The van der Waals surface area contributed by atoms with Gasteiger partial charge in [0.1, 0.15) is 24.0 Å². The highest BCUT2D eigenvalue weighted by Gasteiger charge is 2.38. The molecule has 2 aliphatic rings. The van der Waals surface area contributed by atoms with Gasteiger partial charge in [0, 0.05) is 13.3 Å². The van der Waals surface area contributed by atoms with Crippen molar-refractivity contribution in [2.45, 2.75) is 76.3 Å². The number of nitrogens with two attached hydrogens (primary N) is 1. The molecule has 0 bridgehead atoms. The van der Waals surface area contributed by atoms with Crippen molar-refractivity contribution in [3.63, 3.8) is 0 Å². The maximum atomic E-state index is 9.88. The average molecular weight is 372 g/mol. The highest BCUT2D eigenvalue weighted by atomic mass is 16.5. The van der Waals surface area contributed by atoms with Crippen LogP contribution in [0.4, 0.5) is 0 Å². The molecular weight excluding hydrogens is 344 g/mol. The van der Waals surface area contributed by atoms with Crippen molar-refractivity contribution in [1.29, 1.82) is 0 Å². The molecule has 26 heavy (non-hydrogen) atoms. The van der Waals surface area contributed by atoms with Crippen LogP contribution in [0.3, 0.4) is 0 Å². The molecule has 2 saturated heterocycles. The van der Waals surface area contributed by atoms with Gasteiger partial charge in [-0.1, -0.05) is 5.21 Å². The Morgan fingerprint density at radius 2 is 2.08 bits per heavy atom. The number of hydrogen-bond acceptors (Lipinski definition) is 8. The summed E-state index contributed by atoms with van der Waals surface area (Å²) in [4.78, 5) is 9.22. The average Bonchev–Trinajstić information content (AvgIpc) is 3.07. The maximum absolute atomic E-state index is 9.88. The number of aliphatic hydroxyl groups excluding tert-OH is 3. The van der Waals surface area contributed by atoms with Gasteiger partial charge in [-0.3, -0.25) is 4.79 Å². The number of amides is 1. The fraction of sp³-hybridized carbons (Fsp3) is 0.812. The first-order valence-corrected chi connectivity index (χ1v) is 8.77. The van der Waals surface area contributed by atoms with Crippen LogP contribution in [0.5, 0.6) is 0 Å². The molecule has 10 heteroatoms. The Hall–Kier alpha value is -1.59. The minimum Gasteiger partial charge on any atom is -0.394 e. The lowest BCUT2D eigenvalue weighted by atomic mass is 9.97. The molecule has 148 valence electrons. The van der Waals surface area contributed by atoms with Crippen molar-refractivity contribution >= 4 is 5.91 Å². The molecule has 10 nitrogen and oxygen atoms in total. The molecule has 0 aliphatic carbocycles. The lowest BCUT2D eigenvalue weighted by Crippen LogP contribution is -2.47. The van der Waals surface area contributed by atoms with E-state index in [1.807, 2.05) is 6.92 Å². The number of nitrogens with zero attached hydrogens (tertiary/aromatic N) is 3. The molecule has 5 N–H and O–H groups in total. The second-order valence-electron chi connectivity index (χ2n) is 6.71. The van der Waals surface area contributed by atoms with E-state index in [0.717, 1.165) is 19.3 Å². The van der Waals surface area contributed by atoms with E-state index in [-0.39, 0.29) is 31.3 Å². The Bertz CT molecular complexity index is 579. The van der Waals surface area contributed by atoms with E-state index < -0.39 is 24.4 Å². The highest BCUT2D eigenvalue weighted by Crippen LogP contribution is 2.32. The third kappa shape index (κ3) is 5.45. The summed E-state index contributed by atoms with van der Waals surface area (Å²) in [7, 11) is 0. The molecule has 6 atom stereocenters. The SMILES string of the molecule is CC(N)=O.CC1CCCC(n2cc([C@@H]3CC(O)[C@H](O)C(CO)O3)nn2)O1. The highest BCUT2D eigenvalue weighted by molar-refractivity contribution is 5.70. The first kappa shape index (κ1) is 20.7. The predicted molar refractivity (Wildman–Crippen MR) is 89.7 cm³/mol. The zero-order chi connectivity index (χ0) is 19.3. The maximum Gasteiger partial charge on any atom is 0.214 e. The summed E-state index contributed by atoms with van der Waals surface area (Å²) < 4.78 is 13.1. The Labute approximate surface area is 151 Å². The lowest BCUT2D eigenvalue weighted by molar-refractivity contribution is -0.182. The topological polar surface area (TPSA) is 153 Å². The van der Waals surface area contributed by atoms with Crippen molar-refractivity contribution in [3.05, 3.63) is 11.9 Å². The van der Waals surface area contributed by atoms with E-state index in [2.05, 4.69) is 16.0 Å². The molecule has 2 fully saturated rings. The molecule has 1 aromatic rings. The molecule has 2 aliphatic heterocycles. The fourth-order valence-corrected chi connectivity index (χ4v) is 3.05. The zero-order valence-electron chi connectivity index (χ0n) is 15.1. The molecule has 1 aromatic heterocycles. The van der Waals surface area contributed by atoms with Gasteiger partial charge in [0.05, 0.1) is 25.0 Å². The van der Waals surface area contributed by atoms with E-state index in [1.54, 1.807) is 10.9 Å². The Morgan fingerprint density at radius 3 is 2.69 bits per heavy atom. The van der Waals surface area contributed by atoms with E-state index in [0.29, 0.717) is 5.69 Å². The normalized spacial score (nSPS) is 34.7. The molecule has 4 unspecified atom stereocenters. The van der Waals surface area contributed by atoms with Gasteiger partial charge in [-0.15, -0.1) is 5.10 Å². The largest absolute Gasteiger partial charge is 0.394 e. The van der Waals surface area contributed by atoms with Gasteiger partial charge >= 0.3 is 0 Å². The van der Waals surface area contributed by atoms with Crippen LogP contribution in [0.25, 0.3) is 0 Å². The van der Waals surface area contributed by atoms with Crippen molar-refractivity contribution in [2.24, 2.45) is 5.73 Å². The van der Waals surface area contributed by atoms with Gasteiger partial charge in [-0.2, -0.15) is 0 Å². The Kier molecular flexibility index (Phi) is 7.47. The number of aliphatic hydroxyl groups is 3. The summed E-state index contributed by atoms with van der Waals surface area (Å²) in [6, 6.07) is 0. The molecule has 1 amide bonds. The number of rotatable bonds is 3. The van der Waals surface area contributed by atoms with Crippen LogP contribution < -0.4 is 5.73 Å². The molecule has 0 saturated carbocycles. The lowest BCUT2D eigenvalue weighted by Gasteiger charge is -2.35. The van der Waals surface area contributed by atoms with Gasteiger partial charge in [0.2, 0.25) is 5.91 Å². The fourth-order valence-electron chi connectivity index (χ4n) is 3.05. The molecule has 0 aromatic carbocycles. The van der Waals surface area contributed by atoms with Gasteiger partial charge in [0.15, 0.2) is 6.23 Å². The quantitative estimate of drug-likeness (QED) is 0.549. The van der Waals surface area contributed by atoms with Gasteiger partial charge in [-0.05, 0) is 26.2 Å². The summed E-state index contributed by atoms with van der Waals surface area (Å²) in [5.41, 5.74) is 5.05. The monoisotopic (exact) mass is 372 g/mol. The minimum atomic E-state index is -1.08. The number of carbonyl (C=O) groups excluding carboxylic acids is 1. The molecule has 3 rings (SSSR count). The van der Waals surface area contributed by atoms with Crippen LogP contribution in [-0.2, 0) is 14.3 Å². The van der Waals surface area contributed by atoms with Crippen LogP contribution >= 0.6 is 0 Å². The number of carbonyl (C=O) groups is 1. The minimum absolute atomic E-state index is 0.127. The number of aromatic nitrogens is 3. The smallest absolute Gasteiger partial charge is 0.214 e. The van der Waals surface area contributed by atoms with Crippen molar-refractivity contribution in [2.75, 3.05) is 6.61 Å². The summed E-state index contributed by atoms with van der Waals surface area (Å²) >= 11 is 0. The predicted octanol–water partition coefficient (Wildman–Crippen LogP) is -0.599. The number of ether oxygens (including phenoxy) is 2. The zero-order valence-corrected chi connectivity index (χ0v) is 15.1. The van der Waals surface area contributed by atoms with Crippen molar-refractivity contribution in [1.82, 2.24) is 15.0 Å². The van der Waals surface area contributed by atoms with Gasteiger partial charge in [0.25, 0.3) is 0 Å². The van der Waals surface area contributed by atoms with Crippen LogP contribution in [0, 0.1) is 0 Å². The van der Waals surface area contributed by atoms with Crippen LogP contribution in [0.15, 0.2) is 6.20 Å². The summed E-state index contributed by atoms with van der Waals surface area (Å²) in [5, 5.41) is 37.1. The van der Waals surface area contributed by atoms with E-state index in [4.69, 9.17) is 9.47 Å². The molecule has 0 radical (unpaired) electrons. The second kappa shape index (κ2) is 9.38. The van der Waals surface area contributed by atoms with Crippen LogP contribution in [0.1, 0.15) is 57.6 Å². The van der Waals surface area contributed by atoms with E-state index in [1.165, 1.54) is 6.92 Å². The third-order valence-electron chi connectivity index (χ3n) is 4.35. The number of hydrogen-bond donors (Lipinski definition) is 4. The Balaban J connectivity index is 0.000000552. The van der Waals surface area contributed by atoms with E-state index in [9.17, 15) is 20.1 Å². The third-order valence-corrected chi connectivity index (χ3v) is 4.35. The van der Waals surface area contributed by atoms with Crippen LogP contribution in [-0.4, -0.2) is 67.2 Å². The first-order valence-electron chi connectivity index (χ1n) is 8.77. The standard InChI is InChI=1S/C14H23N3O5.C2H5NO/c1-8-3-2-4-13(21-8)17-6-9(15-16-17)11-5-10(19)14(20)12(7-18)22-11;1-2(3)4/h6,8,10-14,18-20H,2-5,7H2,1H3;1H3,(H2,3,4)/t8?,10?,11-,12?,13?,14-;/m0./s1. The van der Waals surface area contributed by atoms with Crippen molar-refractivity contribution in [3.8, 4) is 0 Å². The first-order chi connectivity index (χ1) is 12.3. The summed E-state index contributed by atoms with van der Waals surface area (Å²) in [6.07, 6.45) is 1.72. The summed E-state index contributed by atoms with van der Waals surface area (Å²) in [6.45, 7) is 2.99. The second-order valence-corrected chi connectivity index (χ2v) is 6.71. The Morgan fingerprint density at radius 1 is 1.38 bits per heavy atom. The molecule has 0 spiro atoms.